The minimum absolute atomic E-state index is 0.0178. The van der Waals surface area contributed by atoms with Crippen molar-refractivity contribution in [2.24, 2.45) is 0 Å². The largest absolute Gasteiger partial charge is 0.348 e. The number of benzene rings is 1. The summed E-state index contributed by atoms with van der Waals surface area (Å²) in [4.78, 5) is 15.6. The summed E-state index contributed by atoms with van der Waals surface area (Å²) < 4.78 is 0. The lowest BCUT2D eigenvalue weighted by Gasteiger charge is -2.21. The van der Waals surface area contributed by atoms with Gasteiger partial charge in [-0.1, -0.05) is 41.9 Å². The van der Waals surface area contributed by atoms with Gasteiger partial charge in [0.1, 0.15) is 0 Å². The second kappa shape index (κ2) is 8.87. The van der Waals surface area contributed by atoms with Crippen molar-refractivity contribution in [1.29, 1.82) is 0 Å². The molecule has 23 heavy (non-hydrogen) atoms. The highest BCUT2D eigenvalue weighted by molar-refractivity contribution is 7.09. The fourth-order valence-corrected chi connectivity index (χ4v) is 3.43. The summed E-state index contributed by atoms with van der Waals surface area (Å²) in [7, 11) is 0. The highest BCUT2D eigenvalue weighted by Crippen LogP contribution is 2.22. The lowest BCUT2D eigenvalue weighted by molar-refractivity contribution is -0.122. The highest BCUT2D eigenvalue weighted by atomic mass is 35.5. The lowest BCUT2D eigenvalue weighted by atomic mass is 10.1. The zero-order chi connectivity index (χ0) is 16.7. The summed E-state index contributed by atoms with van der Waals surface area (Å²) in [6, 6.07) is 11.5. The van der Waals surface area contributed by atoms with E-state index < -0.39 is 0 Å². The van der Waals surface area contributed by atoms with Crippen LogP contribution in [0.4, 0.5) is 0 Å². The Morgan fingerprint density at radius 3 is 2.83 bits per heavy atom. The maximum absolute atomic E-state index is 12.3. The van der Waals surface area contributed by atoms with Crippen LogP contribution >= 0.6 is 22.9 Å². The number of carbonyl (C=O) groups is 1. The van der Waals surface area contributed by atoms with Gasteiger partial charge in [0.2, 0.25) is 5.91 Å². The van der Waals surface area contributed by atoms with Gasteiger partial charge in [-0.25, -0.2) is 0 Å². The van der Waals surface area contributed by atoms with E-state index in [9.17, 15) is 4.79 Å². The summed E-state index contributed by atoms with van der Waals surface area (Å²) in [5.41, 5.74) is 0.927. The van der Waals surface area contributed by atoms with Crippen LogP contribution in [-0.2, 0) is 11.3 Å². The van der Waals surface area contributed by atoms with Crippen molar-refractivity contribution in [3.8, 4) is 0 Å². The van der Waals surface area contributed by atoms with Crippen LogP contribution in [0.3, 0.4) is 0 Å². The molecular weight excluding hydrogens is 328 g/mol. The maximum Gasteiger partial charge on any atom is 0.234 e. The van der Waals surface area contributed by atoms with E-state index in [2.05, 4.69) is 22.9 Å². The van der Waals surface area contributed by atoms with E-state index in [0.29, 0.717) is 18.1 Å². The van der Waals surface area contributed by atoms with E-state index in [0.717, 1.165) is 12.1 Å². The van der Waals surface area contributed by atoms with E-state index in [-0.39, 0.29) is 11.9 Å². The average Bonchev–Trinajstić information content (AvgIpc) is 3.00. The van der Waals surface area contributed by atoms with Crippen molar-refractivity contribution < 1.29 is 4.79 Å². The highest BCUT2D eigenvalue weighted by Gasteiger charge is 2.15. The molecule has 0 bridgehead atoms. The second-order valence-corrected chi connectivity index (χ2v) is 6.79. The Kier molecular flexibility index (Phi) is 6.84. The Morgan fingerprint density at radius 2 is 2.17 bits per heavy atom. The van der Waals surface area contributed by atoms with Crippen LogP contribution < -0.4 is 5.32 Å². The Labute approximate surface area is 146 Å². The number of nitrogens with one attached hydrogen (secondary N) is 1. The van der Waals surface area contributed by atoms with Crippen LogP contribution in [0.1, 0.15) is 23.4 Å². The van der Waals surface area contributed by atoms with Crippen molar-refractivity contribution in [2.45, 2.75) is 19.5 Å². The predicted molar refractivity (Wildman–Crippen MR) is 97.8 cm³/mol. The molecule has 0 saturated carbocycles. The van der Waals surface area contributed by atoms with Crippen molar-refractivity contribution in [3.63, 3.8) is 0 Å². The molecule has 3 nitrogen and oxygen atoms in total. The standard InChI is InChI=1S/C18H21ClN2OS/c1-3-10-21(12-15-7-6-11-23-15)13-18(22)20-14(2)16-8-4-5-9-17(16)19/h3-9,11,14H,1,10,12-13H2,2H3,(H,20,22). The quantitative estimate of drug-likeness (QED) is 0.723. The summed E-state index contributed by atoms with van der Waals surface area (Å²) in [6.07, 6.45) is 1.82. The third-order valence-electron chi connectivity index (χ3n) is 3.46. The minimum Gasteiger partial charge on any atom is -0.348 e. The van der Waals surface area contributed by atoms with E-state index in [4.69, 9.17) is 11.6 Å². The van der Waals surface area contributed by atoms with Gasteiger partial charge in [-0.05, 0) is 30.0 Å². The normalized spacial score (nSPS) is 12.1. The van der Waals surface area contributed by atoms with Gasteiger partial charge in [-0.2, -0.15) is 0 Å². The van der Waals surface area contributed by atoms with Gasteiger partial charge in [-0.15, -0.1) is 17.9 Å². The first kappa shape index (κ1) is 17.7. The second-order valence-electron chi connectivity index (χ2n) is 5.35. The number of rotatable bonds is 8. The molecule has 0 aliphatic heterocycles. The predicted octanol–water partition coefficient (Wildman–Crippen LogP) is 4.27. The molecule has 2 rings (SSSR count). The molecule has 1 aromatic heterocycles. The molecule has 0 saturated heterocycles. The monoisotopic (exact) mass is 348 g/mol. The Hall–Kier alpha value is -1.62. The SMILES string of the molecule is C=CCN(CC(=O)NC(C)c1ccccc1Cl)Cc1cccs1. The third kappa shape index (κ3) is 5.50. The van der Waals surface area contributed by atoms with E-state index in [1.165, 1.54) is 4.88 Å². The van der Waals surface area contributed by atoms with E-state index in [1.54, 1.807) is 11.3 Å². The number of hydrogen-bond acceptors (Lipinski definition) is 3. The van der Waals surface area contributed by atoms with Crippen molar-refractivity contribution in [3.05, 3.63) is 69.9 Å². The number of amides is 1. The van der Waals surface area contributed by atoms with Crippen LogP contribution in [0, 0.1) is 0 Å². The molecule has 1 unspecified atom stereocenters. The first-order valence-corrected chi connectivity index (χ1v) is 8.75. The Morgan fingerprint density at radius 1 is 1.39 bits per heavy atom. The fourth-order valence-electron chi connectivity index (χ4n) is 2.38. The molecule has 0 radical (unpaired) electrons. The Balaban J connectivity index is 1.93. The molecule has 0 fully saturated rings. The minimum atomic E-state index is -0.122. The van der Waals surface area contributed by atoms with Crippen LogP contribution in [0.15, 0.2) is 54.4 Å². The van der Waals surface area contributed by atoms with Gasteiger partial charge < -0.3 is 5.32 Å². The summed E-state index contributed by atoms with van der Waals surface area (Å²) in [5.74, 6) is -0.0178. The number of nitrogens with zero attached hydrogens (tertiary/aromatic N) is 1. The van der Waals surface area contributed by atoms with Crippen molar-refractivity contribution in [2.75, 3.05) is 13.1 Å². The molecule has 1 heterocycles. The first-order chi connectivity index (χ1) is 11.1. The smallest absolute Gasteiger partial charge is 0.234 e. The molecule has 122 valence electrons. The van der Waals surface area contributed by atoms with Gasteiger partial charge >= 0.3 is 0 Å². The lowest BCUT2D eigenvalue weighted by Crippen LogP contribution is -2.38. The van der Waals surface area contributed by atoms with Gasteiger partial charge in [0.05, 0.1) is 12.6 Å². The maximum atomic E-state index is 12.3. The number of carbonyl (C=O) groups excluding carboxylic acids is 1. The molecule has 1 atom stereocenters. The van der Waals surface area contributed by atoms with Gasteiger partial charge in [-0.3, -0.25) is 9.69 Å². The molecule has 0 spiro atoms. The van der Waals surface area contributed by atoms with E-state index in [1.807, 2.05) is 48.7 Å². The average molecular weight is 349 g/mol. The van der Waals surface area contributed by atoms with E-state index >= 15 is 0 Å². The van der Waals surface area contributed by atoms with Crippen LogP contribution in [0.2, 0.25) is 5.02 Å². The fraction of sp³-hybridized carbons (Fsp3) is 0.278. The molecule has 0 aliphatic carbocycles. The molecule has 2 aromatic rings. The number of thiophene rings is 1. The molecular formula is C18H21ClN2OS. The molecule has 1 amide bonds. The van der Waals surface area contributed by atoms with Crippen LogP contribution in [0.5, 0.6) is 0 Å². The first-order valence-electron chi connectivity index (χ1n) is 7.49. The van der Waals surface area contributed by atoms with Gasteiger partial charge in [0.25, 0.3) is 0 Å². The Bertz CT molecular complexity index is 642. The third-order valence-corrected chi connectivity index (χ3v) is 4.67. The topological polar surface area (TPSA) is 32.3 Å². The van der Waals surface area contributed by atoms with Crippen molar-refractivity contribution in [1.82, 2.24) is 10.2 Å². The molecule has 1 N–H and O–H groups in total. The zero-order valence-electron chi connectivity index (χ0n) is 13.2. The van der Waals surface area contributed by atoms with Gasteiger partial charge in [0, 0.05) is 23.0 Å². The number of halogens is 1. The molecule has 0 aliphatic rings. The number of hydrogen-bond donors (Lipinski definition) is 1. The summed E-state index contributed by atoms with van der Waals surface area (Å²) in [6.45, 7) is 7.46. The van der Waals surface area contributed by atoms with Crippen LogP contribution in [0.25, 0.3) is 0 Å². The molecule has 5 heteroatoms. The molecule has 1 aromatic carbocycles. The van der Waals surface area contributed by atoms with Crippen LogP contribution in [-0.4, -0.2) is 23.9 Å². The van der Waals surface area contributed by atoms with Crippen molar-refractivity contribution >= 4 is 28.8 Å². The van der Waals surface area contributed by atoms with Gasteiger partial charge in [0.15, 0.2) is 0 Å². The zero-order valence-corrected chi connectivity index (χ0v) is 14.7. The summed E-state index contributed by atoms with van der Waals surface area (Å²) in [5, 5.41) is 5.72. The summed E-state index contributed by atoms with van der Waals surface area (Å²) >= 11 is 7.87.